The molecule has 0 radical (unpaired) electrons. The van der Waals surface area contributed by atoms with Gasteiger partial charge < -0.3 is 10.1 Å². The molecule has 0 aliphatic carbocycles. The van der Waals surface area contributed by atoms with Gasteiger partial charge in [0.25, 0.3) is 5.91 Å². The molecule has 118 valence electrons. The van der Waals surface area contributed by atoms with Crippen LogP contribution in [0.25, 0.3) is 0 Å². The number of hydrogen-bond acceptors (Lipinski definition) is 4. The molecule has 6 nitrogen and oxygen atoms in total. The van der Waals surface area contributed by atoms with Crippen molar-refractivity contribution < 1.29 is 17.9 Å². The fourth-order valence-electron chi connectivity index (χ4n) is 1.83. The highest BCUT2D eigenvalue weighted by molar-refractivity contribution is 7.92. The third-order valence-corrected chi connectivity index (χ3v) is 3.90. The van der Waals surface area contributed by atoms with E-state index >= 15 is 0 Å². The number of rotatable bonds is 7. The molecule has 1 N–H and O–H groups in total. The molecule has 0 aromatic heterocycles. The number of carbonyl (C=O) groups excluding carboxylic acids is 1. The molecular weight excluding hydrogens is 292 g/mol. The Labute approximate surface area is 126 Å². The quantitative estimate of drug-likeness (QED) is 0.825. The number of nitrogens with one attached hydrogen (secondary N) is 1. The first-order valence-electron chi connectivity index (χ1n) is 6.74. The molecule has 0 aliphatic heterocycles. The molecule has 0 atom stereocenters. The third-order valence-electron chi connectivity index (χ3n) is 2.63. The van der Waals surface area contributed by atoms with Crippen LogP contribution in [0.15, 0.2) is 24.3 Å². The van der Waals surface area contributed by atoms with E-state index in [-0.39, 0.29) is 18.6 Å². The molecule has 0 saturated carbocycles. The molecule has 0 heterocycles. The molecule has 0 spiro atoms. The van der Waals surface area contributed by atoms with Gasteiger partial charge in [-0.2, -0.15) is 0 Å². The average Bonchev–Trinajstić information content (AvgIpc) is 2.36. The molecule has 7 heteroatoms. The summed E-state index contributed by atoms with van der Waals surface area (Å²) < 4.78 is 29.9. The number of benzene rings is 1. The number of anilines is 1. The van der Waals surface area contributed by atoms with Crippen LogP contribution in [0.5, 0.6) is 5.75 Å². The Hall–Kier alpha value is -1.76. The van der Waals surface area contributed by atoms with Crippen molar-refractivity contribution in [3.63, 3.8) is 0 Å². The van der Waals surface area contributed by atoms with Gasteiger partial charge in [0.1, 0.15) is 5.75 Å². The smallest absolute Gasteiger partial charge is 0.258 e. The zero-order valence-electron chi connectivity index (χ0n) is 12.8. The van der Waals surface area contributed by atoms with E-state index in [9.17, 15) is 13.2 Å². The maximum Gasteiger partial charge on any atom is 0.258 e. The van der Waals surface area contributed by atoms with Gasteiger partial charge in [-0.15, -0.1) is 0 Å². The van der Waals surface area contributed by atoms with Crippen molar-refractivity contribution in [3.8, 4) is 5.75 Å². The van der Waals surface area contributed by atoms with Crippen molar-refractivity contribution in [2.24, 2.45) is 0 Å². The van der Waals surface area contributed by atoms with Crippen LogP contribution < -0.4 is 14.4 Å². The molecule has 0 bridgehead atoms. The van der Waals surface area contributed by atoms with Crippen LogP contribution in [0.1, 0.15) is 20.8 Å². The number of carbonyl (C=O) groups is 1. The Balaban J connectivity index is 2.68. The Morgan fingerprint density at radius 3 is 2.29 bits per heavy atom. The summed E-state index contributed by atoms with van der Waals surface area (Å²) in [6.07, 6.45) is 1.16. The first kappa shape index (κ1) is 17.3. The first-order valence-corrected chi connectivity index (χ1v) is 8.58. The van der Waals surface area contributed by atoms with Crippen molar-refractivity contribution in [2.75, 3.05) is 23.7 Å². The molecule has 0 fully saturated rings. The van der Waals surface area contributed by atoms with Gasteiger partial charge in [0, 0.05) is 12.6 Å². The average molecular weight is 314 g/mol. The number of amides is 1. The molecule has 0 aliphatic rings. The summed E-state index contributed by atoms with van der Waals surface area (Å²) in [5.41, 5.74) is 0.569. The minimum absolute atomic E-state index is 0.0661. The van der Waals surface area contributed by atoms with Crippen molar-refractivity contribution in [3.05, 3.63) is 24.3 Å². The lowest BCUT2D eigenvalue weighted by atomic mass is 10.3. The lowest BCUT2D eigenvalue weighted by Crippen LogP contribution is -2.34. The Morgan fingerprint density at radius 2 is 1.86 bits per heavy atom. The molecular formula is C14H22N2O4S. The standard InChI is InChI=1S/C14H22N2O4S/c1-5-16(21(4,18)19)12-6-8-13(9-7-12)20-10-14(17)15-11(2)3/h6-9,11H,5,10H2,1-4H3,(H,15,17). The zero-order chi connectivity index (χ0) is 16.0. The van der Waals surface area contributed by atoms with Crippen molar-refractivity contribution >= 4 is 21.6 Å². The van der Waals surface area contributed by atoms with Gasteiger partial charge in [0.05, 0.1) is 11.9 Å². The second-order valence-electron chi connectivity index (χ2n) is 4.93. The molecule has 1 aromatic rings. The van der Waals surface area contributed by atoms with Crippen LogP contribution in [-0.4, -0.2) is 39.8 Å². The predicted octanol–water partition coefficient (Wildman–Crippen LogP) is 1.38. The highest BCUT2D eigenvalue weighted by Gasteiger charge is 2.15. The number of ether oxygens (including phenoxy) is 1. The highest BCUT2D eigenvalue weighted by atomic mass is 32.2. The fraction of sp³-hybridized carbons (Fsp3) is 0.500. The van der Waals surface area contributed by atoms with E-state index in [0.29, 0.717) is 18.0 Å². The summed E-state index contributed by atoms with van der Waals surface area (Å²) >= 11 is 0. The maximum atomic E-state index is 11.6. The van der Waals surface area contributed by atoms with Crippen molar-refractivity contribution in [1.29, 1.82) is 0 Å². The van der Waals surface area contributed by atoms with Crippen LogP contribution >= 0.6 is 0 Å². The lowest BCUT2D eigenvalue weighted by Gasteiger charge is -2.20. The van der Waals surface area contributed by atoms with Crippen LogP contribution in [0, 0.1) is 0 Å². The SMILES string of the molecule is CCN(c1ccc(OCC(=O)NC(C)C)cc1)S(C)(=O)=O. The lowest BCUT2D eigenvalue weighted by molar-refractivity contribution is -0.123. The van der Waals surface area contributed by atoms with Gasteiger partial charge in [-0.1, -0.05) is 0 Å². The zero-order valence-corrected chi connectivity index (χ0v) is 13.6. The van der Waals surface area contributed by atoms with Gasteiger partial charge in [-0.25, -0.2) is 8.42 Å². The van der Waals surface area contributed by atoms with Crippen LogP contribution in [0.3, 0.4) is 0 Å². The topological polar surface area (TPSA) is 75.7 Å². The van der Waals surface area contributed by atoms with Gasteiger partial charge in [-0.3, -0.25) is 9.10 Å². The number of sulfonamides is 1. The summed E-state index contributed by atoms with van der Waals surface area (Å²) in [6.45, 7) is 5.80. The second-order valence-corrected chi connectivity index (χ2v) is 6.84. The largest absolute Gasteiger partial charge is 0.484 e. The summed E-state index contributed by atoms with van der Waals surface area (Å²) in [7, 11) is -3.29. The van der Waals surface area contributed by atoms with E-state index in [2.05, 4.69) is 5.32 Å². The third kappa shape index (κ3) is 5.63. The van der Waals surface area contributed by atoms with E-state index < -0.39 is 10.0 Å². The highest BCUT2D eigenvalue weighted by Crippen LogP contribution is 2.21. The minimum Gasteiger partial charge on any atom is -0.484 e. The predicted molar refractivity (Wildman–Crippen MR) is 83.1 cm³/mol. The van der Waals surface area contributed by atoms with E-state index in [1.54, 1.807) is 31.2 Å². The summed E-state index contributed by atoms with van der Waals surface area (Å²) in [5, 5.41) is 2.72. The number of hydrogen-bond donors (Lipinski definition) is 1. The van der Waals surface area contributed by atoms with E-state index in [4.69, 9.17) is 4.74 Å². The fourth-order valence-corrected chi connectivity index (χ4v) is 2.80. The Bertz CT molecular complexity index is 567. The monoisotopic (exact) mass is 314 g/mol. The van der Waals surface area contributed by atoms with Crippen LogP contribution in [0.2, 0.25) is 0 Å². The molecule has 21 heavy (non-hydrogen) atoms. The minimum atomic E-state index is -3.29. The van der Waals surface area contributed by atoms with Crippen molar-refractivity contribution in [2.45, 2.75) is 26.8 Å². The number of nitrogens with zero attached hydrogens (tertiary/aromatic N) is 1. The van der Waals surface area contributed by atoms with Gasteiger partial charge in [0.15, 0.2) is 6.61 Å². The normalized spacial score (nSPS) is 11.3. The van der Waals surface area contributed by atoms with Crippen molar-refractivity contribution in [1.82, 2.24) is 5.32 Å². The van der Waals surface area contributed by atoms with Crippen LogP contribution in [0.4, 0.5) is 5.69 Å². The van der Waals surface area contributed by atoms with Gasteiger partial charge >= 0.3 is 0 Å². The maximum absolute atomic E-state index is 11.6. The van der Waals surface area contributed by atoms with E-state index in [1.807, 2.05) is 13.8 Å². The molecule has 0 unspecified atom stereocenters. The van der Waals surface area contributed by atoms with Gasteiger partial charge in [-0.05, 0) is 45.0 Å². The summed E-state index contributed by atoms with van der Waals surface area (Å²) in [4.78, 5) is 11.5. The summed E-state index contributed by atoms with van der Waals surface area (Å²) in [5.74, 6) is 0.322. The first-order chi connectivity index (χ1) is 9.74. The Kier molecular flexibility index (Phi) is 6.02. The van der Waals surface area contributed by atoms with Gasteiger partial charge in [0.2, 0.25) is 10.0 Å². The molecule has 1 aromatic carbocycles. The molecule has 0 saturated heterocycles. The van der Waals surface area contributed by atoms with Crippen LogP contribution in [-0.2, 0) is 14.8 Å². The second kappa shape index (κ2) is 7.31. The molecule has 1 rings (SSSR count). The Morgan fingerprint density at radius 1 is 1.29 bits per heavy atom. The van der Waals surface area contributed by atoms with E-state index in [0.717, 1.165) is 6.26 Å². The molecule has 1 amide bonds. The van der Waals surface area contributed by atoms with E-state index in [1.165, 1.54) is 4.31 Å². The summed E-state index contributed by atoms with van der Waals surface area (Å²) in [6, 6.07) is 6.66.